The molecule has 0 heterocycles. The Morgan fingerprint density at radius 1 is 0.913 bits per heavy atom. The first kappa shape index (κ1) is 17.4. The van der Waals surface area contributed by atoms with Crippen LogP contribution in [0.4, 0.5) is 11.4 Å². The third kappa shape index (κ3) is 5.32. The molecule has 0 saturated heterocycles. The van der Waals surface area contributed by atoms with Gasteiger partial charge in [0.15, 0.2) is 9.84 Å². The number of anilines is 2. The molecule has 0 spiro atoms. The monoisotopic (exact) mass is 357 g/mol. The van der Waals surface area contributed by atoms with Crippen molar-refractivity contribution in [3.8, 4) is 0 Å². The summed E-state index contributed by atoms with van der Waals surface area (Å²) in [4.78, 5) is 0.0165. The Kier molecular flexibility index (Phi) is 5.37. The lowest BCUT2D eigenvalue weighted by molar-refractivity contribution is 0.284. The van der Waals surface area contributed by atoms with Crippen molar-refractivity contribution in [3.05, 3.63) is 54.6 Å². The van der Waals surface area contributed by atoms with Crippen LogP contribution in [0.15, 0.2) is 59.5 Å². The molecule has 23 heavy (non-hydrogen) atoms. The minimum Gasteiger partial charge on any atom is -0.354 e. The van der Waals surface area contributed by atoms with Gasteiger partial charge >= 0.3 is 10.4 Å². The molecule has 0 saturated carbocycles. The summed E-state index contributed by atoms with van der Waals surface area (Å²) < 4.78 is 58.2. The molecule has 0 aliphatic carbocycles. The second-order valence-corrected chi connectivity index (χ2v) is 7.72. The fraction of sp³-hybridized carbons (Fsp3) is 0.143. The summed E-state index contributed by atoms with van der Waals surface area (Å²) in [5.41, 5.74) is 1.08. The summed E-state index contributed by atoms with van der Waals surface area (Å²) in [5, 5.41) is 3.00. The maximum Gasteiger partial charge on any atom is 0.397 e. The Bertz CT molecular complexity index is 863. The van der Waals surface area contributed by atoms with Gasteiger partial charge in [0.2, 0.25) is 0 Å². The molecule has 0 atom stereocenters. The highest BCUT2D eigenvalue weighted by atomic mass is 32.3. The Morgan fingerprint density at radius 3 is 2.17 bits per heavy atom. The number of nitrogens with one attached hydrogen (secondary N) is 1. The molecule has 9 heteroatoms. The van der Waals surface area contributed by atoms with E-state index in [0.29, 0.717) is 11.4 Å². The van der Waals surface area contributed by atoms with Crippen LogP contribution in [0, 0.1) is 0 Å². The molecule has 0 aliphatic rings. The van der Waals surface area contributed by atoms with Crippen molar-refractivity contribution in [1.82, 2.24) is 0 Å². The molecule has 2 N–H and O–H groups in total. The lowest BCUT2D eigenvalue weighted by Gasteiger charge is -2.12. The highest BCUT2D eigenvalue weighted by Gasteiger charge is 2.19. The summed E-state index contributed by atoms with van der Waals surface area (Å²) in [5.74, 6) is -0.583. The lowest BCUT2D eigenvalue weighted by atomic mass is 10.3. The van der Waals surface area contributed by atoms with E-state index in [4.69, 9.17) is 4.55 Å². The van der Waals surface area contributed by atoms with Gasteiger partial charge in [-0.1, -0.05) is 30.3 Å². The van der Waals surface area contributed by atoms with Crippen LogP contribution < -0.4 is 5.32 Å². The predicted octanol–water partition coefficient (Wildman–Crippen LogP) is 2.02. The maximum absolute atomic E-state index is 12.3. The third-order valence-corrected chi connectivity index (χ3v) is 5.05. The van der Waals surface area contributed by atoms with Crippen molar-refractivity contribution in [2.75, 3.05) is 17.7 Å². The van der Waals surface area contributed by atoms with Crippen molar-refractivity contribution >= 4 is 31.6 Å². The number of hydrogen-bond donors (Lipinski definition) is 2. The lowest BCUT2D eigenvalue weighted by Crippen LogP contribution is -2.16. The molecule has 7 nitrogen and oxygen atoms in total. The zero-order valence-electron chi connectivity index (χ0n) is 11.9. The van der Waals surface area contributed by atoms with Gasteiger partial charge in [-0.15, -0.1) is 0 Å². The Balaban J connectivity index is 2.22. The summed E-state index contributed by atoms with van der Waals surface area (Å²) in [6.45, 7) is -0.666. The van der Waals surface area contributed by atoms with E-state index in [1.54, 1.807) is 42.5 Å². The van der Waals surface area contributed by atoms with E-state index >= 15 is 0 Å². The van der Waals surface area contributed by atoms with Crippen LogP contribution in [0.1, 0.15) is 0 Å². The first-order valence-corrected chi connectivity index (χ1v) is 9.55. The summed E-state index contributed by atoms with van der Waals surface area (Å²) >= 11 is 0. The smallest absolute Gasteiger partial charge is 0.354 e. The van der Waals surface area contributed by atoms with Crippen molar-refractivity contribution in [2.24, 2.45) is 0 Å². The maximum atomic E-state index is 12.3. The minimum atomic E-state index is -4.67. The third-order valence-electron chi connectivity index (χ3n) is 2.86. The molecule has 124 valence electrons. The average Bonchev–Trinajstić information content (AvgIpc) is 2.47. The van der Waals surface area contributed by atoms with E-state index in [1.807, 2.05) is 6.07 Å². The van der Waals surface area contributed by atoms with Gasteiger partial charge in [-0.05, 0) is 24.3 Å². The number of benzene rings is 2. The van der Waals surface area contributed by atoms with Gasteiger partial charge < -0.3 is 5.32 Å². The van der Waals surface area contributed by atoms with E-state index in [2.05, 4.69) is 9.50 Å². The SMILES string of the molecule is O=S(=O)(O)OCCS(=O)(=O)c1ccccc1Nc1ccccc1. The van der Waals surface area contributed by atoms with Crippen LogP contribution in [-0.2, 0) is 24.4 Å². The molecule has 0 amide bonds. The van der Waals surface area contributed by atoms with E-state index in [9.17, 15) is 16.8 Å². The van der Waals surface area contributed by atoms with Crippen LogP contribution in [0.5, 0.6) is 0 Å². The summed E-state index contributed by atoms with van der Waals surface area (Å²) in [6, 6.07) is 15.3. The van der Waals surface area contributed by atoms with Gasteiger partial charge in [0, 0.05) is 5.69 Å². The standard InChI is InChI=1S/C14H15NO6S2/c16-22(17,11-10-21-23(18,19)20)14-9-5-4-8-13(14)15-12-6-2-1-3-7-12/h1-9,15H,10-11H2,(H,18,19,20). The first-order chi connectivity index (χ1) is 10.8. The Morgan fingerprint density at radius 2 is 1.52 bits per heavy atom. The molecule has 0 aromatic heterocycles. The number of sulfone groups is 1. The second-order valence-electron chi connectivity index (χ2n) is 4.56. The van der Waals surface area contributed by atoms with Gasteiger partial charge in [0.05, 0.1) is 22.9 Å². The molecule has 2 aromatic rings. The highest BCUT2D eigenvalue weighted by Crippen LogP contribution is 2.25. The molecule has 0 fully saturated rings. The number of hydrogen-bond acceptors (Lipinski definition) is 6. The van der Waals surface area contributed by atoms with Crippen molar-refractivity contribution in [3.63, 3.8) is 0 Å². The largest absolute Gasteiger partial charge is 0.397 e. The fourth-order valence-corrected chi connectivity index (χ4v) is 3.54. The Hall–Kier alpha value is -1.94. The van der Waals surface area contributed by atoms with Gasteiger partial charge in [-0.3, -0.25) is 4.55 Å². The van der Waals surface area contributed by atoms with E-state index < -0.39 is 32.6 Å². The first-order valence-electron chi connectivity index (χ1n) is 6.54. The fourth-order valence-electron chi connectivity index (χ4n) is 1.88. The zero-order valence-corrected chi connectivity index (χ0v) is 13.5. The number of para-hydroxylation sites is 2. The topological polar surface area (TPSA) is 110 Å². The molecule has 0 bridgehead atoms. The van der Waals surface area contributed by atoms with Gasteiger partial charge in [0.25, 0.3) is 0 Å². The summed E-state index contributed by atoms with van der Waals surface area (Å²) in [6.07, 6.45) is 0. The van der Waals surface area contributed by atoms with Crippen LogP contribution in [-0.4, -0.2) is 33.7 Å². The highest BCUT2D eigenvalue weighted by molar-refractivity contribution is 7.91. The molecule has 2 rings (SSSR count). The Labute approximate surface area is 134 Å². The van der Waals surface area contributed by atoms with E-state index in [-0.39, 0.29) is 4.90 Å². The zero-order chi connectivity index (χ0) is 16.9. The second kappa shape index (κ2) is 7.09. The average molecular weight is 357 g/mol. The van der Waals surface area contributed by atoms with Crippen LogP contribution in [0.3, 0.4) is 0 Å². The predicted molar refractivity (Wildman–Crippen MR) is 85.7 cm³/mol. The number of rotatable bonds is 7. The van der Waals surface area contributed by atoms with E-state index in [0.717, 1.165) is 0 Å². The molecule has 0 unspecified atom stereocenters. The molecule has 0 radical (unpaired) electrons. The quantitative estimate of drug-likeness (QED) is 0.730. The van der Waals surface area contributed by atoms with Crippen LogP contribution >= 0.6 is 0 Å². The van der Waals surface area contributed by atoms with Crippen molar-refractivity contribution < 1.29 is 25.6 Å². The molecular formula is C14H15NO6S2. The minimum absolute atomic E-state index is 0.0165. The van der Waals surface area contributed by atoms with Crippen molar-refractivity contribution in [2.45, 2.75) is 4.90 Å². The molecule has 0 aliphatic heterocycles. The molecular weight excluding hydrogens is 342 g/mol. The van der Waals surface area contributed by atoms with Crippen LogP contribution in [0.25, 0.3) is 0 Å². The van der Waals surface area contributed by atoms with Crippen molar-refractivity contribution in [1.29, 1.82) is 0 Å². The normalized spacial score (nSPS) is 12.0. The van der Waals surface area contributed by atoms with Gasteiger partial charge in [-0.2, -0.15) is 8.42 Å². The molecule has 2 aromatic carbocycles. The van der Waals surface area contributed by atoms with Gasteiger partial charge in [-0.25, -0.2) is 12.6 Å². The van der Waals surface area contributed by atoms with Gasteiger partial charge in [0.1, 0.15) is 0 Å². The summed E-state index contributed by atoms with van der Waals surface area (Å²) in [7, 11) is -8.46. The van der Waals surface area contributed by atoms with Crippen LogP contribution in [0.2, 0.25) is 0 Å². The van der Waals surface area contributed by atoms with E-state index in [1.165, 1.54) is 6.07 Å².